The molecule has 0 heterocycles. The van der Waals surface area contributed by atoms with Gasteiger partial charge in [0, 0.05) is 0 Å². The standard InChI is InChI=1S/C11H9F2NO3/c1-6-3-4-7(5-14)8(10(15)16-2)9(6)17-11(12)13/h3-4,11H,1-2H3. The summed E-state index contributed by atoms with van der Waals surface area (Å²) in [6.07, 6.45) is 0. The van der Waals surface area contributed by atoms with Crippen LogP contribution in [0.15, 0.2) is 12.1 Å². The number of ether oxygens (including phenoxy) is 2. The molecule has 0 aliphatic rings. The molecule has 1 aromatic rings. The van der Waals surface area contributed by atoms with Gasteiger partial charge in [0.05, 0.1) is 12.7 Å². The zero-order valence-corrected chi connectivity index (χ0v) is 9.16. The zero-order valence-electron chi connectivity index (χ0n) is 9.16. The molecule has 1 rings (SSSR count). The Labute approximate surface area is 96.4 Å². The van der Waals surface area contributed by atoms with Crippen molar-refractivity contribution in [3.8, 4) is 11.8 Å². The van der Waals surface area contributed by atoms with Crippen LogP contribution >= 0.6 is 0 Å². The van der Waals surface area contributed by atoms with E-state index in [0.29, 0.717) is 5.56 Å². The van der Waals surface area contributed by atoms with Gasteiger partial charge in [-0.25, -0.2) is 4.79 Å². The largest absolute Gasteiger partial charge is 0.465 e. The van der Waals surface area contributed by atoms with Crippen LogP contribution in [0.3, 0.4) is 0 Å². The van der Waals surface area contributed by atoms with Gasteiger partial charge in [-0.1, -0.05) is 6.07 Å². The molecule has 0 aromatic heterocycles. The van der Waals surface area contributed by atoms with E-state index in [4.69, 9.17) is 5.26 Å². The first-order valence-corrected chi connectivity index (χ1v) is 4.58. The fourth-order valence-corrected chi connectivity index (χ4v) is 1.33. The second-order valence-corrected chi connectivity index (χ2v) is 3.12. The number of carbonyl (C=O) groups is 1. The molecular weight excluding hydrogens is 232 g/mol. The summed E-state index contributed by atoms with van der Waals surface area (Å²) in [5.74, 6) is -1.22. The minimum atomic E-state index is -3.08. The average Bonchev–Trinajstić information content (AvgIpc) is 2.30. The summed E-state index contributed by atoms with van der Waals surface area (Å²) in [4.78, 5) is 11.4. The number of hydrogen-bond acceptors (Lipinski definition) is 4. The first-order chi connectivity index (χ1) is 8.01. The Bertz CT molecular complexity index is 480. The van der Waals surface area contributed by atoms with Gasteiger partial charge in [-0.05, 0) is 18.6 Å². The molecular formula is C11H9F2NO3. The number of halogens is 2. The Balaban J connectivity index is 3.43. The molecule has 0 saturated carbocycles. The molecule has 0 fully saturated rings. The maximum absolute atomic E-state index is 12.2. The van der Waals surface area contributed by atoms with Crippen molar-refractivity contribution in [1.82, 2.24) is 0 Å². The van der Waals surface area contributed by atoms with Crippen LogP contribution in [-0.2, 0) is 4.74 Å². The predicted octanol–water partition coefficient (Wildman–Crippen LogP) is 2.25. The zero-order chi connectivity index (χ0) is 13.0. The maximum Gasteiger partial charge on any atom is 0.387 e. The van der Waals surface area contributed by atoms with E-state index in [0.717, 1.165) is 7.11 Å². The molecule has 1 aromatic carbocycles. The van der Waals surface area contributed by atoms with Crippen molar-refractivity contribution in [3.63, 3.8) is 0 Å². The molecule has 0 spiro atoms. The third kappa shape index (κ3) is 2.69. The van der Waals surface area contributed by atoms with Crippen molar-refractivity contribution >= 4 is 5.97 Å². The predicted molar refractivity (Wildman–Crippen MR) is 53.9 cm³/mol. The van der Waals surface area contributed by atoms with Crippen molar-refractivity contribution in [2.45, 2.75) is 13.5 Å². The van der Waals surface area contributed by atoms with Crippen LogP contribution < -0.4 is 4.74 Å². The van der Waals surface area contributed by atoms with E-state index < -0.39 is 12.6 Å². The number of esters is 1. The van der Waals surface area contributed by atoms with Gasteiger partial charge in [-0.3, -0.25) is 0 Å². The number of nitrogens with zero attached hydrogens (tertiary/aromatic N) is 1. The van der Waals surface area contributed by atoms with Crippen molar-refractivity contribution in [2.24, 2.45) is 0 Å². The fraction of sp³-hybridized carbons (Fsp3) is 0.273. The van der Waals surface area contributed by atoms with E-state index in [2.05, 4.69) is 9.47 Å². The lowest BCUT2D eigenvalue weighted by Crippen LogP contribution is -2.12. The molecule has 0 unspecified atom stereocenters. The second-order valence-electron chi connectivity index (χ2n) is 3.12. The molecule has 0 atom stereocenters. The summed E-state index contributed by atoms with van der Waals surface area (Å²) in [6.45, 7) is -1.59. The first-order valence-electron chi connectivity index (χ1n) is 4.58. The molecule has 6 heteroatoms. The Morgan fingerprint density at radius 2 is 2.12 bits per heavy atom. The van der Waals surface area contributed by atoms with E-state index in [9.17, 15) is 13.6 Å². The second kappa shape index (κ2) is 5.25. The average molecular weight is 241 g/mol. The van der Waals surface area contributed by atoms with Crippen LogP contribution in [0.25, 0.3) is 0 Å². The van der Waals surface area contributed by atoms with E-state index in [1.165, 1.54) is 19.1 Å². The molecule has 90 valence electrons. The lowest BCUT2D eigenvalue weighted by Gasteiger charge is -2.13. The van der Waals surface area contributed by atoms with E-state index >= 15 is 0 Å². The van der Waals surface area contributed by atoms with Gasteiger partial charge in [0.25, 0.3) is 0 Å². The van der Waals surface area contributed by atoms with Crippen LogP contribution in [0, 0.1) is 18.3 Å². The third-order valence-corrected chi connectivity index (χ3v) is 2.07. The Morgan fingerprint density at radius 3 is 2.59 bits per heavy atom. The Hall–Kier alpha value is -2.16. The summed E-state index contributed by atoms with van der Waals surface area (Å²) in [6, 6.07) is 4.49. The molecule has 0 aliphatic heterocycles. The van der Waals surface area contributed by atoms with Gasteiger partial charge in [0.1, 0.15) is 17.4 Å². The summed E-state index contributed by atoms with van der Waals surface area (Å²) in [5, 5.41) is 8.81. The highest BCUT2D eigenvalue weighted by molar-refractivity contribution is 5.95. The van der Waals surface area contributed by atoms with Crippen LogP contribution in [-0.4, -0.2) is 19.7 Å². The van der Waals surface area contributed by atoms with E-state index in [1.807, 2.05) is 0 Å². The molecule has 0 aliphatic carbocycles. The highest BCUT2D eigenvalue weighted by atomic mass is 19.3. The van der Waals surface area contributed by atoms with Crippen molar-refractivity contribution in [2.75, 3.05) is 7.11 Å². The molecule has 0 N–H and O–H groups in total. The van der Waals surface area contributed by atoms with Gasteiger partial charge in [-0.15, -0.1) is 0 Å². The van der Waals surface area contributed by atoms with Crippen molar-refractivity contribution < 1.29 is 23.0 Å². The van der Waals surface area contributed by atoms with Gasteiger partial charge < -0.3 is 9.47 Å². The number of benzene rings is 1. The SMILES string of the molecule is COC(=O)c1c(C#N)ccc(C)c1OC(F)F. The Kier molecular flexibility index (Phi) is 3.99. The normalized spacial score (nSPS) is 9.88. The topological polar surface area (TPSA) is 59.3 Å². The van der Waals surface area contributed by atoms with Crippen LogP contribution in [0.2, 0.25) is 0 Å². The van der Waals surface area contributed by atoms with Gasteiger partial charge in [0.15, 0.2) is 0 Å². The monoisotopic (exact) mass is 241 g/mol. The maximum atomic E-state index is 12.2. The molecule has 4 nitrogen and oxygen atoms in total. The number of carbonyl (C=O) groups excluding carboxylic acids is 1. The fourth-order valence-electron chi connectivity index (χ4n) is 1.33. The van der Waals surface area contributed by atoms with Crippen LogP contribution in [0.4, 0.5) is 8.78 Å². The number of methoxy groups -OCH3 is 1. The number of hydrogen-bond donors (Lipinski definition) is 0. The van der Waals surface area contributed by atoms with Crippen molar-refractivity contribution in [3.05, 3.63) is 28.8 Å². The first kappa shape index (κ1) is 12.9. The highest BCUT2D eigenvalue weighted by Crippen LogP contribution is 2.28. The molecule has 0 amide bonds. The van der Waals surface area contributed by atoms with Gasteiger partial charge >= 0.3 is 12.6 Å². The minimum Gasteiger partial charge on any atom is -0.465 e. The molecule has 0 bridgehead atoms. The smallest absolute Gasteiger partial charge is 0.387 e. The summed E-state index contributed by atoms with van der Waals surface area (Å²) >= 11 is 0. The molecule has 17 heavy (non-hydrogen) atoms. The molecule has 0 saturated heterocycles. The lowest BCUT2D eigenvalue weighted by molar-refractivity contribution is -0.0508. The van der Waals surface area contributed by atoms with E-state index in [-0.39, 0.29) is 16.9 Å². The van der Waals surface area contributed by atoms with E-state index in [1.54, 1.807) is 6.07 Å². The third-order valence-electron chi connectivity index (χ3n) is 2.07. The number of aryl methyl sites for hydroxylation is 1. The quantitative estimate of drug-likeness (QED) is 0.761. The number of alkyl halides is 2. The summed E-state index contributed by atoms with van der Waals surface area (Å²) in [7, 11) is 1.10. The number of rotatable bonds is 3. The summed E-state index contributed by atoms with van der Waals surface area (Å²) < 4.78 is 33.1. The van der Waals surface area contributed by atoms with Crippen LogP contribution in [0.5, 0.6) is 5.75 Å². The molecule has 0 radical (unpaired) electrons. The van der Waals surface area contributed by atoms with Gasteiger partial charge in [0.2, 0.25) is 0 Å². The lowest BCUT2D eigenvalue weighted by atomic mass is 10.0. The van der Waals surface area contributed by atoms with Gasteiger partial charge in [-0.2, -0.15) is 14.0 Å². The number of nitriles is 1. The summed E-state index contributed by atoms with van der Waals surface area (Å²) in [5.41, 5.74) is -0.0295. The highest BCUT2D eigenvalue weighted by Gasteiger charge is 2.22. The Morgan fingerprint density at radius 1 is 1.47 bits per heavy atom. The van der Waals surface area contributed by atoms with Crippen molar-refractivity contribution in [1.29, 1.82) is 5.26 Å². The van der Waals surface area contributed by atoms with Crippen LogP contribution in [0.1, 0.15) is 21.5 Å². The minimum absolute atomic E-state index is 0.0712.